The maximum Gasteiger partial charge on any atom is 0.128 e. The molecule has 0 spiro atoms. The van der Waals surface area contributed by atoms with Gasteiger partial charge in [0, 0.05) is 12.6 Å². The minimum Gasteiger partial charge on any atom is -0.325 e. The van der Waals surface area contributed by atoms with Crippen LogP contribution in [0.25, 0.3) is 0 Å². The quantitative estimate of drug-likeness (QED) is 0.518. The molecule has 0 aliphatic carbocycles. The molecule has 0 saturated carbocycles. The summed E-state index contributed by atoms with van der Waals surface area (Å²) in [5, 5.41) is 2.91. The fraction of sp³-hybridized carbons (Fsp3) is 1.00. The van der Waals surface area contributed by atoms with E-state index in [0.717, 1.165) is 13.0 Å². The Morgan fingerprint density at radius 2 is 2.22 bits per heavy atom. The Kier molecular flexibility index (Phi) is 4.10. The highest BCUT2D eigenvalue weighted by Gasteiger charge is 2.19. The van der Waals surface area contributed by atoms with Crippen molar-refractivity contribution in [3.8, 4) is 0 Å². The van der Waals surface area contributed by atoms with Gasteiger partial charge < -0.3 is 11.1 Å². The maximum atomic E-state index is 12.4. The Hall–Kier alpha value is 0.140. The fourth-order valence-electron chi connectivity index (χ4n) is 0.841. The molecule has 1 saturated heterocycles. The number of piperidine rings is 1. The molecule has 1 heterocycles. The van der Waals surface area contributed by atoms with Crippen LogP contribution in [-0.4, -0.2) is 25.3 Å². The van der Waals surface area contributed by atoms with Crippen molar-refractivity contribution in [2.24, 2.45) is 5.73 Å². The minimum absolute atomic E-state index is 0. The summed E-state index contributed by atoms with van der Waals surface area (Å²) in [6, 6.07) is -0.226. The molecule has 0 bridgehead atoms. The Balaban J connectivity index is 0.000000640. The van der Waals surface area contributed by atoms with Crippen LogP contribution in [0, 0.1) is 0 Å². The van der Waals surface area contributed by atoms with Gasteiger partial charge in [-0.05, 0) is 13.0 Å². The molecule has 1 aliphatic rings. The normalized spacial score (nSPS) is 35.3. The average Bonchev–Trinajstić information content (AvgIpc) is 1.77. The number of halogens is 2. The number of rotatable bonds is 0. The molecule has 2 atom stereocenters. The van der Waals surface area contributed by atoms with E-state index in [0.29, 0.717) is 6.54 Å². The summed E-state index contributed by atoms with van der Waals surface area (Å²) in [6.07, 6.45) is -0.0648. The molecule has 0 aromatic rings. The molecule has 0 aromatic carbocycles. The number of alkyl halides is 1. The molecule has 0 radical (unpaired) electrons. The Morgan fingerprint density at radius 1 is 1.56 bits per heavy atom. The van der Waals surface area contributed by atoms with Crippen molar-refractivity contribution in [3.63, 3.8) is 0 Å². The van der Waals surface area contributed by atoms with Crippen LogP contribution in [0.2, 0.25) is 0 Å². The van der Waals surface area contributed by atoms with E-state index in [1.165, 1.54) is 0 Å². The SMILES string of the molecule is Cl.N[C@@H]1CCNC[C@H]1F. The molecule has 0 aromatic heterocycles. The molecule has 56 valence electrons. The lowest BCUT2D eigenvalue weighted by Crippen LogP contribution is -2.46. The zero-order valence-electron chi connectivity index (χ0n) is 5.14. The van der Waals surface area contributed by atoms with Gasteiger partial charge in [0.2, 0.25) is 0 Å². The summed E-state index contributed by atoms with van der Waals surface area (Å²) >= 11 is 0. The largest absolute Gasteiger partial charge is 0.325 e. The lowest BCUT2D eigenvalue weighted by atomic mass is 10.1. The van der Waals surface area contributed by atoms with Gasteiger partial charge in [0.25, 0.3) is 0 Å². The predicted octanol–water partition coefficient (Wildman–Crippen LogP) is 0.0669. The van der Waals surface area contributed by atoms with Crippen LogP contribution in [-0.2, 0) is 0 Å². The lowest BCUT2D eigenvalue weighted by Gasteiger charge is -2.22. The van der Waals surface area contributed by atoms with Crippen molar-refractivity contribution in [2.75, 3.05) is 13.1 Å². The first kappa shape index (κ1) is 9.14. The lowest BCUT2D eigenvalue weighted by molar-refractivity contribution is 0.233. The maximum absolute atomic E-state index is 12.4. The van der Waals surface area contributed by atoms with Crippen LogP contribution in [0.5, 0.6) is 0 Å². The van der Waals surface area contributed by atoms with Gasteiger partial charge in [-0.3, -0.25) is 0 Å². The van der Waals surface area contributed by atoms with Crippen LogP contribution >= 0.6 is 12.4 Å². The molecule has 2 nitrogen and oxygen atoms in total. The third kappa shape index (κ3) is 2.47. The van der Waals surface area contributed by atoms with Crippen LogP contribution in [0.4, 0.5) is 4.39 Å². The third-order valence-corrected chi connectivity index (χ3v) is 1.46. The first-order valence-corrected chi connectivity index (χ1v) is 2.91. The van der Waals surface area contributed by atoms with E-state index < -0.39 is 6.17 Å². The van der Waals surface area contributed by atoms with E-state index in [-0.39, 0.29) is 18.4 Å². The number of nitrogens with one attached hydrogen (secondary N) is 1. The van der Waals surface area contributed by atoms with E-state index in [2.05, 4.69) is 5.32 Å². The molecule has 1 fully saturated rings. The van der Waals surface area contributed by atoms with Crippen molar-refractivity contribution in [2.45, 2.75) is 18.6 Å². The van der Waals surface area contributed by atoms with Gasteiger partial charge in [0.05, 0.1) is 0 Å². The van der Waals surface area contributed by atoms with Crippen LogP contribution in [0.1, 0.15) is 6.42 Å². The monoisotopic (exact) mass is 154 g/mol. The first-order chi connectivity index (χ1) is 3.80. The first-order valence-electron chi connectivity index (χ1n) is 2.91. The van der Waals surface area contributed by atoms with Gasteiger partial charge in [-0.2, -0.15) is 0 Å². The van der Waals surface area contributed by atoms with Gasteiger partial charge in [-0.25, -0.2) is 4.39 Å². The van der Waals surface area contributed by atoms with E-state index >= 15 is 0 Å². The van der Waals surface area contributed by atoms with Crippen molar-refractivity contribution in [1.82, 2.24) is 5.32 Å². The Bertz CT molecular complexity index is 71.4. The molecule has 0 unspecified atom stereocenters. The average molecular weight is 155 g/mol. The molecule has 3 N–H and O–H groups in total. The predicted molar refractivity (Wildman–Crippen MR) is 37.6 cm³/mol. The zero-order chi connectivity index (χ0) is 5.98. The third-order valence-electron chi connectivity index (χ3n) is 1.46. The summed E-state index contributed by atoms with van der Waals surface area (Å²) in [6.45, 7) is 1.29. The van der Waals surface area contributed by atoms with Gasteiger partial charge in [-0.15, -0.1) is 12.4 Å². The highest BCUT2D eigenvalue weighted by molar-refractivity contribution is 5.85. The van der Waals surface area contributed by atoms with Crippen molar-refractivity contribution in [1.29, 1.82) is 0 Å². The fourth-order valence-corrected chi connectivity index (χ4v) is 0.841. The molecular weight excluding hydrogens is 143 g/mol. The van der Waals surface area contributed by atoms with Gasteiger partial charge >= 0.3 is 0 Å². The molecule has 0 amide bonds. The van der Waals surface area contributed by atoms with Crippen molar-refractivity contribution in [3.05, 3.63) is 0 Å². The van der Waals surface area contributed by atoms with Crippen molar-refractivity contribution < 1.29 is 4.39 Å². The van der Waals surface area contributed by atoms with Gasteiger partial charge in [-0.1, -0.05) is 0 Å². The standard InChI is InChI=1S/C5H11FN2.ClH/c6-4-3-8-2-1-5(4)7;/h4-5,8H,1-3,7H2;1H/t4-,5-;/m1./s1. The van der Waals surface area contributed by atoms with E-state index in [9.17, 15) is 4.39 Å². The van der Waals surface area contributed by atoms with E-state index in [1.807, 2.05) is 0 Å². The highest BCUT2D eigenvalue weighted by Crippen LogP contribution is 2.03. The second-order valence-corrected chi connectivity index (χ2v) is 2.17. The van der Waals surface area contributed by atoms with Crippen LogP contribution < -0.4 is 11.1 Å². The topological polar surface area (TPSA) is 38.0 Å². The van der Waals surface area contributed by atoms with E-state index in [4.69, 9.17) is 5.73 Å². The van der Waals surface area contributed by atoms with Crippen LogP contribution in [0.3, 0.4) is 0 Å². The van der Waals surface area contributed by atoms with E-state index in [1.54, 1.807) is 0 Å². The second-order valence-electron chi connectivity index (χ2n) is 2.17. The van der Waals surface area contributed by atoms with Crippen molar-refractivity contribution >= 4 is 12.4 Å². The molecular formula is C5H12ClFN2. The highest BCUT2D eigenvalue weighted by atomic mass is 35.5. The Labute approximate surface area is 60.4 Å². The number of hydrogen-bond donors (Lipinski definition) is 2. The summed E-state index contributed by atoms with van der Waals surface area (Å²) in [4.78, 5) is 0. The molecule has 9 heavy (non-hydrogen) atoms. The summed E-state index contributed by atoms with van der Waals surface area (Å²) in [5.41, 5.74) is 5.36. The minimum atomic E-state index is -0.830. The summed E-state index contributed by atoms with van der Waals surface area (Å²) in [5.74, 6) is 0. The smallest absolute Gasteiger partial charge is 0.128 e. The Morgan fingerprint density at radius 3 is 2.56 bits per heavy atom. The zero-order valence-corrected chi connectivity index (χ0v) is 5.96. The summed E-state index contributed by atoms with van der Waals surface area (Å²) < 4.78 is 12.4. The number of nitrogens with two attached hydrogens (primary N) is 1. The van der Waals surface area contributed by atoms with Crippen LogP contribution in [0.15, 0.2) is 0 Å². The molecule has 1 aliphatic heterocycles. The molecule has 1 rings (SSSR count). The molecule has 4 heteroatoms. The van der Waals surface area contributed by atoms with Gasteiger partial charge in [0.1, 0.15) is 6.17 Å². The second kappa shape index (κ2) is 4.04. The van der Waals surface area contributed by atoms with Gasteiger partial charge in [0.15, 0.2) is 0 Å². The summed E-state index contributed by atoms with van der Waals surface area (Å²) in [7, 11) is 0. The number of hydrogen-bond acceptors (Lipinski definition) is 2.